The highest BCUT2D eigenvalue weighted by Crippen LogP contribution is 2.39. The molecule has 2 aliphatic heterocycles. The first-order chi connectivity index (χ1) is 10.7. The molecule has 2 heterocycles. The second-order valence-corrected chi connectivity index (χ2v) is 6.36. The Hall–Kier alpha value is -2.00. The zero-order valence-electron chi connectivity index (χ0n) is 13.1. The fourth-order valence-electron chi connectivity index (χ4n) is 3.32. The van der Waals surface area contributed by atoms with Gasteiger partial charge in [-0.1, -0.05) is 38.1 Å². The van der Waals surface area contributed by atoms with Crippen molar-refractivity contribution in [3.63, 3.8) is 0 Å². The number of nitrogens with one attached hydrogen (secondary N) is 1. The van der Waals surface area contributed by atoms with E-state index in [0.29, 0.717) is 12.7 Å². The molecule has 2 aliphatic rings. The van der Waals surface area contributed by atoms with Gasteiger partial charge >= 0.3 is 0 Å². The molecule has 22 heavy (non-hydrogen) atoms. The fourth-order valence-corrected chi connectivity index (χ4v) is 3.32. The molecule has 2 aromatic rings. The molecule has 3 nitrogen and oxygen atoms in total. The molecule has 0 saturated heterocycles. The summed E-state index contributed by atoms with van der Waals surface area (Å²) in [4.78, 5) is 0. The van der Waals surface area contributed by atoms with Gasteiger partial charge in [0.05, 0.1) is 6.04 Å². The van der Waals surface area contributed by atoms with Gasteiger partial charge in [-0.05, 0) is 46.7 Å². The summed E-state index contributed by atoms with van der Waals surface area (Å²) in [5.41, 5.74) is 5.36. The van der Waals surface area contributed by atoms with Crippen LogP contribution in [0.15, 0.2) is 36.4 Å². The molecule has 114 valence electrons. The van der Waals surface area contributed by atoms with E-state index in [4.69, 9.17) is 9.47 Å². The van der Waals surface area contributed by atoms with Gasteiger partial charge in [-0.2, -0.15) is 0 Å². The van der Waals surface area contributed by atoms with Crippen molar-refractivity contribution in [3.8, 4) is 11.5 Å². The molecule has 1 unspecified atom stereocenters. The first kappa shape index (κ1) is 13.6. The molecule has 0 radical (unpaired) electrons. The zero-order valence-corrected chi connectivity index (χ0v) is 13.1. The molecular formula is C19H21NO2. The first-order valence-electron chi connectivity index (χ1n) is 7.98. The molecule has 1 atom stereocenters. The van der Waals surface area contributed by atoms with Crippen LogP contribution in [0.4, 0.5) is 0 Å². The molecule has 0 bridgehead atoms. The number of ether oxygens (including phenoxy) is 2. The minimum Gasteiger partial charge on any atom is -0.454 e. The summed E-state index contributed by atoms with van der Waals surface area (Å²) in [7, 11) is 0. The number of hydrogen-bond donors (Lipinski definition) is 1. The summed E-state index contributed by atoms with van der Waals surface area (Å²) in [6.07, 6.45) is 1.03. The topological polar surface area (TPSA) is 30.5 Å². The lowest BCUT2D eigenvalue weighted by Crippen LogP contribution is -2.30. The Morgan fingerprint density at radius 3 is 2.50 bits per heavy atom. The molecule has 2 aromatic carbocycles. The third-order valence-electron chi connectivity index (χ3n) is 4.62. The van der Waals surface area contributed by atoms with Crippen molar-refractivity contribution >= 4 is 0 Å². The van der Waals surface area contributed by atoms with E-state index in [1.807, 2.05) is 0 Å². The predicted molar refractivity (Wildman–Crippen MR) is 86.6 cm³/mol. The van der Waals surface area contributed by atoms with Crippen LogP contribution in [0.25, 0.3) is 0 Å². The van der Waals surface area contributed by atoms with Gasteiger partial charge in [0.25, 0.3) is 0 Å². The average Bonchev–Trinajstić information content (AvgIpc) is 2.99. The van der Waals surface area contributed by atoms with E-state index < -0.39 is 0 Å². The maximum Gasteiger partial charge on any atom is 0.231 e. The second-order valence-electron chi connectivity index (χ2n) is 6.36. The van der Waals surface area contributed by atoms with Crippen molar-refractivity contribution in [1.29, 1.82) is 0 Å². The SMILES string of the molecule is CC(C)c1ccc(C2NCCc3cc4c(cc32)OCO4)cc1. The summed E-state index contributed by atoms with van der Waals surface area (Å²) in [5.74, 6) is 2.32. The van der Waals surface area contributed by atoms with Crippen LogP contribution >= 0.6 is 0 Å². The second kappa shape index (κ2) is 5.33. The summed E-state index contributed by atoms with van der Waals surface area (Å²) >= 11 is 0. The Morgan fingerprint density at radius 1 is 1.05 bits per heavy atom. The Morgan fingerprint density at radius 2 is 1.77 bits per heavy atom. The van der Waals surface area contributed by atoms with Crippen LogP contribution in [0.3, 0.4) is 0 Å². The van der Waals surface area contributed by atoms with Crippen LogP contribution in [-0.4, -0.2) is 13.3 Å². The molecule has 4 rings (SSSR count). The Bertz CT molecular complexity index is 691. The minimum absolute atomic E-state index is 0.236. The molecule has 0 amide bonds. The van der Waals surface area contributed by atoms with E-state index in [0.717, 1.165) is 24.5 Å². The smallest absolute Gasteiger partial charge is 0.231 e. The van der Waals surface area contributed by atoms with Crippen LogP contribution in [0.2, 0.25) is 0 Å². The third-order valence-corrected chi connectivity index (χ3v) is 4.62. The van der Waals surface area contributed by atoms with Gasteiger partial charge in [0.1, 0.15) is 0 Å². The molecule has 0 saturated carbocycles. The van der Waals surface area contributed by atoms with Crippen molar-refractivity contribution in [2.24, 2.45) is 0 Å². The van der Waals surface area contributed by atoms with Gasteiger partial charge in [-0.3, -0.25) is 0 Å². The van der Waals surface area contributed by atoms with Crippen LogP contribution in [0.5, 0.6) is 11.5 Å². The highest BCUT2D eigenvalue weighted by atomic mass is 16.7. The van der Waals surface area contributed by atoms with E-state index in [1.54, 1.807) is 0 Å². The average molecular weight is 295 g/mol. The lowest BCUT2D eigenvalue weighted by atomic mass is 9.88. The van der Waals surface area contributed by atoms with E-state index in [-0.39, 0.29) is 6.04 Å². The molecule has 1 N–H and O–H groups in total. The maximum absolute atomic E-state index is 5.55. The molecule has 3 heteroatoms. The van der Waals surface area contributed by atoms with Crippen molar-refractivity contribution < 1.29 is 9.47 Å². The van der Waals surface area contributed by atoms with Gasteiger partial charge in [0, 0.05) is 6.54 Å². The van der Waals surface area contributed by atoms with Gasteiger partial charge in [0.2, 0.25) is 6.79 Å². The van der Waals surface area contributed by atoms with E-state index in [9.17, 15) is 0 Å². The van der Waals surface area contributed by atoms with Crippen molar-refractivity contribution in [3.05, 3.63) is 58.7 Å². The van der Waals surface area contributed by atoms with Gasteiger partial charge in [0.15, 0.2) is 11.5 Å². The Kier molecular flexibility index (Phi) is 3.30. The Balaban J connectivity index is 1.72. The van der Waals surface area contributed by atoms with Crippen LogP contribution in [0, 0.1) is 0 Å². The van der Waals surface area contributed by atoms with Gasteiger partial charge in [-0.25, -0.2) is 0 Å². The normalized spacial score (nSPS) is 19.3. The summed E-state index contributed by atoms with van der Waals surface area (Å²) in [6, 6.07) is 13.5. The number of hydrogen-bond acceptors (Lipinski definition) is 3. The lowest BCUT2D eigenvalue weighted by molar-refractivity contribution is 0.174. The van der Waals surface area contributed by atoms with Crippen molar-refractivity contribution in [2.75, 3.05) is 13.3 Å². The van der Waals surface area contributed by atoms with E-state index in [2.05, 4.69) is 55.6 Å². The van der Waals surface area contributed by atoms with Crippen molar-refractivity contribution in [2.45, 2.75) is 32.2 Å². The number of rotatable bonds is 2. The fraction of sp³-hybridized carbons (Fsp3) is 0.368. The molecule has 0 aliphatic carbocycles. The summed E-state index contributed by atoms with van der Waals surface area (Å²) < 4.78 is 11.1. The molecular weight excluding hydrogens is 274 g/mol. The van der Waals surface area contributed by atoms with Crippen molar-refractivity contribution in [1.82, 2.24) is 5.32 Å². The third kappa shape index (κ3) is 2.26. The van der Waals surface area contributed by atoms with Crippen LogP contribution in [-0.2, 0) is 6.42 Å². The summed E-state index contributed by atoms with van der Waals surface area (Å²) in [6.45, 7) is 5.77. The van der Waals surface area contributed by atoms with E-state index in [1.165, 1.54) is 22.3 Å². The molecule has 0 spiro atoms. The lowest BCUT2D eigenvalue weighted by Gasteiger charge is -2.28. The maximum atomic E-state index is 5.55. The number of benzene rings is 2. The largest absolute Gasteiger partial charge is 0.454 e. The first-order valence-corrected chi connectivity index (χ1v) is 7.98. The summed E-state index contributed by atoms with van der Waals surface area (Å²) in [5, 5.41) is 3.64. The van der Waals surface area contributed by atoms with Gasteiger partial charge < -0.3 is 14.8 Å². The number of fused-ring (bicyclic) bond motifs is 2. The zero-order chi connectivity index (χ0) is 15.1. The standard InChI is InChI=1S/C19H21NO2/c1-12(2)13-3-5-14(6-4-13)19-16-10-18-17(21-11-22-18)9-15(16)7-8-20-19/h3-6,9-10,12,19-20H,7-8,11H2,1-2H3. The highest BCUT2D eigenvalue weighted by Gasteiger charge is 2.25. The predicted octanol–water partition coefficient (Wildman–Crippen LogP) is 3.77. The monoisotopic (exact) mass is 295 g/mol. The molecule has 0 fully saturated rings. The van der Waals surface area contributed by atoms with Crippen LogP contribution < -0.4 is 14.8 Å². The highest BCUT2D eigenvalue weighted by molar-refractivity contribution is 5.52. The van der Waals surface area contributed by atoms with Crippen LogP contribution in [0.1, 0.15) is 48.1 Å². The molecule has 0 aromatic heterocycles. The quantitative estimate of drug-likeness (QED) is 0.914. The van der Waals surface area contributed by atoms with Gasteiger partial charge in [-0.15, -0.1) is 0 Å². The Labute approximate surface area is 131 Å². The minimum atomic E-state index is 0.236. The van der Waals surface area contributed by atoms with E-state index >= 15 is 0 Å².